The third-order valence-corrected chi connectivity index (χ3v) is 3.55. The standard InChI is InChI=1S/C16H20F3NO2/c1-15(2,3)22-14(21)20-9-8-12(10-20)11-4-6-13(7-5-11)16(17,18)19/h4-7,12H,8-10H2,1-3H3. The highest BCUT2D eigenvalue weighted by molar-refractivity contribution is 5.68. The van der Waals surface area contributed by atoms with Gasteiger partial charge < -0.3 is 9.64 Å². The van der Waals surface area contributed by atoms with E-state index in [0.29, 0.717) is 13.1 Å². The summed E-state index contributed by atoms with van der Waals surface area (Å²) < 4.78 is 43.0. The molecule has 3 nitrogen and oxygen atoms in total. The average Bonchev–Trinajstić information content (AvgIpc) is 2.85. The molecule has 1 fully saturated rings. The Labute approximate surface area is 128 Å². The van der Waals surface area contributed by atoms with Crippen LogP contribution in [0.4, 0.5) is 18.0 Å². The normalized spacial score (nSPS) is 19.4. The van der Waals surface area contributed by atoms with Crippen molar-refractivity contribution in [3.63, 3.8) is 0 Å². The minimum atomic E-state index is -4.32. The Bertz CT molecular complexity index is 532. The second kappa shape index (κ2) is 5.82. The molecule has 1 aromatic rings. The number of ether oxygens (including phenoxy) is 1. The van der Waals surface area contributed by atoms with Crippen LogP contribution in [0.3, 0.4) is 0 Å². The number of hydrogen-bond donors (Lipinski definition) is 0. The largest absolute Gasteiger partial charge is 0.444 e. The molecule has 1 heterocycles. The Balaban J connectivity index is 2.00. The average molecular weight is 315 g/mol. The van der Waals surface area contributed by atoms with Gasteiger partial charge in [-0.25, -0.2) is 4.79 Å². The summed E-state index contributed by atoms with van der Waals surface area (Å²) in [5.74, 6) is 0.0507. The van der Waals surface area contributed by atoms with Crippen molar-refractivity contribution in [2.45, 2.75) is 44.9 Å². The van der Waals surface area contributed by atoms with Gasteiger partial charge in [0.05, 0.1) is 5.56 Å². The molecule has 2 rings (SSSR count). The molecule has 0 spiro atoms. The van der Waals surface area contributed by atoms with Gasteiger partial charge >= 0.3 is 12.3 Å². The number of likely N-dealkylation sites (tertiary alicyclic amines) is 1. The van der Waals surface area contributed by atoms with Crippen LogP contribution in [0.2, 0.25) is 0 Å². The lowest BCUT2D eigenvalue weighted by atomic mass is 9.97. The Hall–Kier alpha value is -1.72. The first-order valence-electron chi connectivity index (χ1n) is 7.21. The molecule has 0 bridgehead atoms. The topological polar surface area (TPSA) is 29.5 Å². The molecule has 0 aliphatic carbocycles. The van der Waals surface area contributed by atoms with Crippen LogP contribution in [0.5, 0.6) is 0 Å². The van der Waals surface area contributed by atoms with Gasteiger partial charge in [0.25, 0.3) is 0 Å². The van der Waals surface area contributed by atoms with Gasteiger partial charge in [-0.1, -0.05) is 12.1 Å². The zero-order valence-electron chi connectivity index (χ0n) is 12.9. The number of rotatable bonds is 1. The molecule has 1 aliphatic heterocycles. The molecule has 1 unspecified atom stereocenters. The maximum Gasteiger partial charge on any atom is 0.416 e. The lowest BCUT2D eigenvalue weighted by Gasteiger charge is -2.24. The molecule has 0 saturated carbocycles. The summed E-state index contributed by atoms with van der Waals surface area (Å²) >= 11 is 0. The zero-order chi connectivity index (χ0) is 16.5. The van der Waals surface area contributed by atoms with Gasteiger partial charge in [-0.2, -0.15) is 13.2 Å². The molecule has 0 aromatic heterocycles. The highest BCUT2D eigenvalue weighted by Gasteiger charge is 2.32. The molecule has 1 amide bonds. The van der Waals surface area contributed by atoms with Gasteiger partial charge in [-0.15, -0.1) is 0 Å². The van der Waals surface area contributed by atoms with E-state index in [9.17, 15) is 18.0 Å². The number of carbonyl (C=O) groups excluding carboxylic acids is 1. The molecule has 0 N–H and O–H groups in total. The summed E-state index contributed by atoms with van der Waals surface area (Å²) in [5.41, 5.74) is -0.388. The van der Waals surface area contributed by atoms with Crippen molar-refractivity contribution in [3.8, 4) is 0 Å². The van der Waals surface area contributed by atoms with Crippen LogP contribution in [0.15, 0.2) is 24.3 Å². The van der Waals surface area contributed by atoms with Crippen LogP contribution in [0, 0.1) is 0 Å². The lowest BCUT2D eigenvalue weighted by Crippen LogP contribution is -2.35. The fourth-order valence-corrected chi connectivity index (χ4v) is 2.47. The van der Waals surface area contributed by atoms with E-state index in [-0.39, 0.29) is 12.0 Å². The maximum atomic E-state index is 12.6. The molecule has 6 heteroatoms. The van der Waals surface area contributed by atoms with Crippen LogP contribution in [-0.2, 0) is 10.9 Å². The van der Waals surface area contributed by atoms with Crippen LogP contribution >= 0.6 is 0 Å². The number of alkyl halides is 3. The van der Waals surface area contributed by atoms with Gasteiger partial charge in [0.1, 0.15) is 5.60 Å². The number of hydrogen-bond acceptors (Lipinski definition) is 2. The number of benzene rings is 1. The van der Waals surface area contributed by atoms with Crippen LogP contribution in [0.1, 0.15) is 44.2 Å². The predicted octanol–water partition coefficient (Wildman–Crippen LogP) is 4.43. The first-order chi connectivity index (χ1) is 10.1. The van der Waals surface area contributed by atoms with Gasteiger partial charge in [0.15, 0.2) is 0 Å². The first-order valence-corrected chi connectivity index (χ1v) is 7.21. The summed E-state index contributed by atoms with van der Waals surface area (Å²) in [6, 6.07) is 5.16. The van der Waals surface area contributed by atoms with Crippen LogP contribution in [0.25, 0.3) is 0 Å². The van der Waals surface area contributed by atoms with Gasteiger partial charge in [0.2, 0.25) is 0 Å². The quantitative estimate of drug-likeness (QED) is 0.767. The summed E-state index contributed by atoms with van der Waals surface area (Å²) in [6.07, 6.45) is -3.97. The maximum absolute atomic E-state index is 12.6. The van der Waals surface area contributed by atoms with Crippen LogP contribution in [-0.4, -0.2) is 29.7 Å². The molecular formula is C16H20F3NO2. The monoisotopic (exact) mass is 315 g/mol. The van der Waals surface area contributed by atoms with E-state index in [2.05, 4.69) is 0 Å². The summed E-state index contributed by atoms with van der Waals surface area (Å²) in [6.45, 7) is 6.43. The summed E-state index contributed by atoms with van der Waals surface area (Å²) in [7, 11) is 0. The lowest BCUT2D eigenvalue weighted by molar-refractivity contribution is -0.137. The van der Waals surface area contributed by atoms with Crippen molar-refractivity contribution < 1.29 is 22.7 Å². The fourth-order valence-electron chi connectivity index (χ4n) is 2.47. The molecule has 1 aromatic carbocycles. The second-order valence-corrected chi connectivity index (χ2v) is 6.53. The van der Waals surface area contributed by atoms with Gasteiger partial charge in [-0.3, -0.25) is 0 Å². The molecule has 1 aliphatic rings. The van der Waals surface area contributed by atoms with E-state index in [1.54, 1.807) is 25.7 Å². The number of halogens is 3. The summed E-state index contributed by atoms with van der Waals surface area (Å²) in [5, 5.41) is 0. The minimum Gasteiger partial charge on any atom is -0.444 e. The zero-order valence-corrected chi connectivity index (χ0v) is 12.9. The van der Waals surface area contributed by atoms with Crippen molar-refractivity contribution in [1.29, 1.82) is 0 Å². The molecule has 1 saturated heterocycles. The molecule has 1 atom stereocenters. The second-order valence-electron chi connectivity index (χ2n) is 6.53. The van der Waals surface area contributed by atoms with E-state index in [4.69, 9.17) is 4.74 Å². The highest BCUT2D eigenvalue weighted by atomic mass is 19.4. The third-order valence-electron chi connectivity index (χ3n) is 3.55. The van der Waals surface area contributed by atoms with E-state index in [1.165, 1.54) is 12.1 Å². The predicted molar refractivity (Wildman–Crippen MR) is 76.6 cm³/mol. The minimum absolute atomic E-state index is 0.0507. The van der Waals surface area contributed by atoms with Crippen molar-refractivity contribution in [1.82, 2.24) is 4.90 Å². The number of nitrogens with zero attached hydrogens (tertiary/aromatic N) is 1. The van der Waals surface area contributed by atoms with Crippen LogP contribution < -0.4 is 0 Å². The van der Waals surface area contributed by atoms with Crippen molar-refractivity contribution in [2.75, 3.05) is 13.1 Å². The van der Waals surface area contributed by atoms with E-state index >= 15 is 0 Å². The van der Waals surface area contributed by atoms with E-state index in [0.717, 1.165) is 24.1 Å². The number of carbonyl (C=O) groups is 1. The highest BCUT2D eigenvalue weighted by Crippen LogP contribution is 2.32. The Morgan fingerprint density at radius 3 is 2.27 bits per heavy atom. The third kappa shape index (κ3) is 4.15. The Morgan fingerprint density at radius 2 is 1.77 bits per heavy atom. The van der Waals surface area contributed by atoms with Gasteiger partial charge in [-0.05, 0) is 44.9 Å². The van der Waals surface area contributed by atoms with Crippen molar-refractivity contribution in [3.05, 3.63) is 35.4 Å². The molecule has 0 radical (unpaired) electrons. The number of amides is 1. The van der Waals surface area contributed by atoms with E-state index < -0.39 is 17.3 Å². The molecule has 22 heavy (non-hydrogen) atoms. The molecular weight excluding hydrogens is 295 g/mol. The van der Waals surface area contributed by atoms with Crippen molar-refractivity contribution >= 4 is 6.09 Å². The Kier molecular flexibility index (Phi) is 4.40. The smallest absolute Gasteiger partial charge is 0.416 e. The van der Waals surface area contributed by atoms with E-state index in [1.807, 2.05) is 0 Å². The van der Waals surface area contributed by atoms with Crippen molar-refractivity contribution in [2.24, 2.45) is 0 Å². The first kappa shape index (κ1) is 16.6. The van der Waals surface area contributed by atoms with Gasteiger partial charge in [0, 0.05) is 19.0 Å². The molecule has 122 valence electrons. The Morgan fingerprint density at radius 1 is 1.18 bits per heavy atom. The summed E-state index contributed by atoms with van der Waals surface area (Å²) in [4.78, 5) is 13.6. The SMILES string of the molecule is CC(C)(C)OC(=O)N1CCC(c2ccc(C(F)(F)F)cc2)C1. The fraction of sp³-hybridized carbons (Fsp3) is 0.562.